The molecule has 0 atom stereocenters. The third-order valence-corrected chi connectivity index (χ3v) is 2.67. The van der Waals surface area contributed by atoms with Gasteiger partial charge in [0.05, 0.1) is 23.3 Å². The zero-order valence-electron chi connectivity index (χ0n) is 11.1. The van der Waals surface area contributed by atoms with Gasteiger partial charge in [-0.2, -0.15) is 5.10 Å². The quantitative estimate of drug-likeness (QED) is 0.485. The molecule has 0 saturated carbocycles. The van der Waals surface area contributed by atoms with Gasteiger partial charge in [0.15, 0.2) is 0 Å². The molecule has 0 bridgehead atoms. The number of carbonyl (C=O) groups excluding carboxylic acids is 1. The van der Waals surface area contributed by atoms with E-state index < -0.39 is 10.9 Å². The Kier molecular flexibility index (Phi) is 3.79. The summed E-state index contributed by atoms with van der Waals surface area (Å²) in [7, 11) is 0. The molecule has 104 valence electrons. The number of esters is 1. The molecule has 0 N–H and O–H groups in total. The van der Waals surface area contributed by atoms with Crippen LogP contribution in [0.4, 0.5) is 5.69 Å². The molecule has 7 nitrogen and oxygen atoms in total. The molecule has 0 aliphatic rings. The van der Waals surface area contributed by atoms with E-state index in [0.717, 1.165) is 5.56 Å². The van der Waals surface area contributed by atoms with Crippen LogP contribution in [0, 0.1) is 17.0 Å². The standard InChI is InChI=1S/C13H13N3O4/c1-3-20-13(17)10-7-14-15(8-10)11-5-4-9(2)6-12(11)16(18)19/h4-8H,3H2,1-2H3. The Morgan fingerprint density at radius 1 is 1.50 bits per heavy atom. The molecular formula is C13H13N3O4. The zero-order valence-corrected chi connectivity index (χ0v) is 11.1. The van der Waals surface area contributed by atoms with Crippen molar-refractivity contribution in [2.45, 2.75) is 13.8 Å². The van der Waals surface area contributed by atoms with Crippen molar-refractivity contribution in [1.29, 1.82) is 0 Å². The Morgan fingerprint density at radius 3 is 2.90 bits per heavy atom. The Bertz CT molecular complexity index is 663. The smallest absolute Gasteiger partial charge is 0.341 e. The Labute approximate surface area is 114 Å². The number of carbonyl (C=O) groups is 1. The SMILES string of the molecule is CCOC(=O)c1cnn(-c2ccc(C)cc2[N+](=O)[O-])c1. The lowest BCUT2D eigenvalue weighted by molar-refractivity contribution is -0.384. The maximum Gasteiger partial charge on any atom is 0.341 e. The van der Waals surface area contributed by atoms with Gasteiger partial charge >= 0.3 is 5.97 Å². The van der Waals surface area contributed by atoms with Crippen LogP contribution in [-0.4, -0.2) is 27.3 Å². The summed E-state index contributed by atoms with van der Waals surface area (Å²) in [6.45, 7) is 3.73. The van der Waals surface area contributed by atoms with Crippen molar-refractivity contribution in [3.63, 3.8) is 0 Å². The van der Waals surface area contributed by atoms with Gasteiger partial charge in [-0.15, -0.1) is 0 Å². The van der Waals surface area contributed by atoms with Crippen molar-refractivity contribution in [2.75, 3.05) is 6.61 Å². The van der Waals surface area contributed by atoms with E-state index in [0.29, 0.717) is 5.69 Å². The second-order valence-corrected chi connectivity index (χ2v) is 4.14. The van der Waals surface area contributed by atoms with Gasteiger partial charge in [-0.25, -0.2) is 9.48 Å². The van der Waals surface area contributed by atoms with Crippen LogP contribution < -0.4 is 0 Å². The number of nitrogens with zero attached hydrogens (tertiary/aromatic N) is 3. The van der Waals surface area contributed by atoms with Crippen LogP contribution in [0.3, 0.4) is 0 Å². The highest BCUT2D eigenvalue weighted by molar-refractivity contribution is 5.88. The first kappa shape index (κ1) is 13.7. The van der Waals surface area contributed by atoms with Gasteiger partial charge in [-0.3, -0.25) is 10.1 Å². The normalized spacial score (nSPS) is 10.3. The molecule has 0 spiro atoms. The summed E-state index contributed by atoms with van der Waals surface area (Å²) in [5, 5.41) is 15.0. The minimum absolute atomic E-state index is 0.0662. The van der Waals surface area contributed by atoms with Crippen molar-refractivity contribution < 1.29 is 14.5 Å². The molecule has 2 rings (SSSR count). The molecule has 0 amide bonds. The molecule has 0 aliphatic carbocycles. The maximum absolute atomic E-state index is 11.6. The number of nitro groups is 1. The molecule has 0 unspecified atom stereocenters. The highest BCUT2D eigenvalue weighted by atomic mass is 16.6. The number of rotatable bonds is 4. The fourth-order valence-electron chi connectivity index (χ4n) is 1.75. The molecule has 1 aromatic carbocycles. The lowest BCUT2D eigenvalue weighted by Crippen LogP contribution is -2.04. The molecule has 0 aliphatic heterocycles. The van der Waals surface area contributed by atoms with E-state index in [1.165, 1.54) is 23.1 Å². The number of nitro benzene ring substituents is 1. The molecular weight excluding hydrogens is 262 g/mol. The van der Waals surface area contributed by atoms with E-state index >= 15 is 0 Å². The van der Waals surface area contributed by atoms with Crippen molar-refractivity contribution in [2.24, 2.45) is 0 Å². The fraction of sp³-hybridized carbons (Fsp3) is 0.231. The Balaban J connectivity index is 2.42. The minimum Gasteiger partial charge on any atom is -0.462 e. The number of hydrogen-bond donors (Lipinski definition) is 0. The monoisotopic (exact) mass is 275 g/mol. The number of ether oxygens (including phenoxy) is 1. The summed E-state index contributed by atoms with van der Waals surface area (Å²) < 4.78 is 6.14. The fourth-order valence-corrected chi connectivity index (χ4v) is 1.75. The second-order valence-electron chi connectivity index (χ2n) is 4.14. The summed E-state index contributed by atoms with van der Waals surface area (Å²) in [6.07, 6.45) is 2.73. The van der Waals surface area contributed by atoms with Crippen LogP contribution in [0.2, 0.25) is 0 Å². The van der Waals surface area contributed by atoms with Gasteiger partial charge in [0, 0.05) is 12.3 Å². The van der Waals surface area contributed by atoms with Gasteiger partial charge in [-0.1, -0.05) is 6.07 Å². The first-order chi connectivity index (χ1) is 9.52. The highest BCUT2D eigenvalue weighted by Crippen LogP contribution is 2.23. The van der Waals surface area contributed by atoms with Gasteiger partial charge < -0.3 is 4.74 Å². The third kappa shape index (κ3) is 2.66. The lowest BCUT2D eigenvalue weighted by Gasteiger charge is -2.03. The number of benzene rings is 1. The van der Waals surface area contributed by atoms with Crippen molar-refractivity contribution in [3.05, 3.63) is 51.8 Å². The third-order valence-electron chi connectivity index (χ3n) is 2.67. The largest absolute Gasteiger partial charge is 0.462 e. The topological polar surface area (TPSA) is 87.3 Å². The van der Waals surface area contributed by atoms with Crippen molar-refractivity contribution in [1.82, 2.24) is 9.78 Å². The van der Waals surface area contributed by atoms with E-state index in [9.17, 15) is 14.9 Å². The Hall–Kier alpha value is -2.70. The average Bonchev–Trinajstić information content (AvgIpc) is 2.88. The van der Waals surface area contributed by atoms with Crippen LogP contribution in [0.25, 0.3) is 5.69 Å². The average molecular weight is 275 g/mol. The molecule has 2 aromatic rings. The predicted molar refractivity (Wildman–Crippen MR) is 70.9 cm³/mol. The molecule has 20 heavy (non-hydrogen) atoms. The van der Waals surface area contributed by atoms with E-state index in [4.69, 9.17) is 4.74 Å². The molecule has 7 heteroatoms. The van der Waals surface area contributed by atoms with E-state index in [2.05, 4.69) is 5.10 Å². The summed E-state index contributed by atoms with van der Waals surface area (Å²) in [4.78, 5) is 22.1. The highest BCUT2D eigenvalue weighted by Gasteiger charge is 2.18. The summed E-state index contributed by atoms with van der Waals surface area (Å²) >= 11 is 0. The Morgan fingerprint density at radius 2 is 2.25 bits per heavy atom. The van der Waals surface area contributed by atoms with Crippen molar-refractivity contribution in [3.8, 4) is 5.69 Å². The molecule has 1 heterocycles. The maximum atomic E-state index is 11.6. The second kappa shape index (κ2) is 5.52. The van der Waals surface area contributed by atoms with Crippen LogP contribution >= 0.6 is 0 Å². The van der Waals surface area contributed by atoms with Crippen LogP contribution in [0.1, 0.15) is 22.8 Å². The van der Waals surface area contributed by atoms with Crippen LogP contribution in [0.15, 0.2) is 30.6 Å². The molecule has 0 radical (unpaired) electrons. The lowest BCUT2D eigenvalue weighted by atomic mass is 10.2. The number of hydrogen-bond acceptors (Lipinski definition) is 5. The minimum atomic E-state index is -0.506. The molecule has 1 aromatic heterocycles. The molecule has 0 saturated heterocycles. The van der Waals surface area contributed by atoms with Crippen LogP contribution in [-0.2, 0) is 4.74 Å². The molecule has 0 fully saturated rings. The van der Waals surface area contributed by atoms with Gasteiger partial charge in [0.1, 0.15) is 5.69 Å². The first-order valence-electron chi connectivity index (χ1n) is 6.00. The van der Waals surface area contributed by atoms with Gasteiger partial charge in [0.25, 0.3) is 5.69 Å². The first-order valence-corrected chi connectivity index (χ1v) is 6.00. The summed E-state index contributed by atoms with van der Waals surface area (Å²) in [5.41, 5.74) is 1.26. The van der Waals surface area contributed by atoms with Gasteiger partial charge in [0.2, 0.25) is 0 Å². The summed E-state index contributed by atoms with van der Waals surface area (Å²) in [5.74, 6) is -0.506. The van der Waals surface area contributed by atoms with Gasteiger partial charge in [-0.05, 0) is 25.5 Å². The summed E-state index contributed by atoms with van der Waals surface area (Å²) in [6, 6.07) is 4.80. The number of aryl methyl sites for hydroxylation is 1. The predicted octanol–water partition coefficient (Wildman–Crippen LogP) is 2.27. The zero-order chi connectivity index (χ0) is 14.7. The van der Waals surface area contributed by atoms with E-state index in [1.807, 2.05) is 0 Å². The number of aromatic nitrogens is 2. The van der Waals surface area contributed by atoms with E-state index in [1.54, 1.807) is 26.0 Å². The van der Waals surface area contributed by atoms with E-state index in [-0.39, 0.29) is 17.9 Å². The van der Waals surface area contributed by atoms with Crippen molar-refractivity contribution >= 4 is 11.7 Å². The van der Waals surface area contributed by atoms with Crippen LogP contribution in [0.5, 0.6) is 0 Å².